The molecule has 0 saturated carbocycles. The SMILES string of the molecule is COc1ccc(NC(C)C(=O)NN=Cc2ccc3ccccc3c2)cc1. The highest BCUT2D eigenvalue weighted by Crippen LogP contribution is 2.16. The fraction of sp³-hybridized carbons (Fsp3) is 0.143. The van der Waals surface area contributed by atoms with Gasteiger partial charge in [-0.1, -0.05) is 36.4 Å². The van der Waals surface area contributed by atoms with Crippen molar-refractivity contribution in [1.29, 1.82) is 0 Å². The first kappa shape index (κ1) is 17.5. The third-order valence-electron chi connectivity index (χ3n) is 4.03. The van der Waals surface area contributed by atoms with Crippen molar-refractivity contribution in [3.63, 3.8) is 0 Å². The standard InChI is InChI=1S/C21H21N3O2/c1-15(23-19-9-11-20(26-2)12-10-19)21(25)24-22-14-16-7-8-17-5-3-4-6-18(17)13-16/h3-15,23H,1-2H3,(H,24,25). The Kier molecular flexibility index (Phi) is 5.49. The first-order chi connectivity index (χ1) is 12.7. The summed E-state index contributed by atoms with van der Waals surface area (Å²) in [5.74, 6) is 0.561. The van der Waals surface area contributed by atoms with Crippen molar-refractivity contribution < 1.29 is 9.53 Å². The predicted molar refractivity (Wildman–Crippen MR) is 106 cm³/mol. The second-order valence-corrected chi connectivity index (χ2v) is 5.94. The zero-order valence-corrected chi connectivity index (χ0v) is 14.8. The van der Waals surface area contributed by atoms with Crippen LogP contribution in [0, 0.1) is 0 Å². The maximum absolute atomic E-state index is 12.2. The molecular formula is C21H21N3O2. The predicted octanol–water partition coefficient (Wildman–Crippen LogP) is 3.80. The van der Waals surface area contributed by atoms with Crippen molar-refractivity contribution in [2.75, 3.05) is 12.4 Å². The Labute approximate surface area is 152 Å². The number of anilines is 1. The van der Waals surface area contributed by atoms with Gasteiger partial charge in [-0.15, -0.1) is 0 Å². The smallest absolute Gasteiger partial charge is 0.262 e. The van der Waals surface area contributed by atoms with E-state index in [1.165, 1.54) is 5.39 Å². The largest absolute Gasteiger partial charge is 0.497 e. The Hall–Kier alpha value is -3.34. The average Bonchev–Trinajstić information content (AvgIpc) is 2.68. The number of carbonyl (C=O) groups is 1. The molecule has 5 heteroatoms. The Balaban J connectivity index is 1.56. The van der Waals surface area contributed by atoms with E-state index in [2.05, 4.69) is 21.9 Å². The third-order valence-corrected chi connectivity index (χ3v) is 4.03. The summed E-state index contributed by atoms with van der Waals surface area (Å²) in [5, 5.41) is 9.49. The monoisotopic (exact) mass is 347 g/mol. The lowest BCUT2D eigenvalue weighted by atomic mass is 10.1. The molecule has 0 fully saturated rings. The van der Waals surface area contributed by atoms with Crippen LogP contribution in [-0.2, 0) is 4.79 Å². The molecule has 2 N–H and O–H groups in total. The maximum Gasteiger partial charge on any atom is 0.262 e. The number of ether oxygens (including phenoxy) is 1. The van der Waals surface area contributed by atoms with Crippen molar-refractivity contribution >= 4 is 28.6 Å². The number of nitrogens with zero attached hydrogens (tertiary/aromatic N) is 1. The van der Waals surface area contributed by atoms with Gasteiger partial charge in [-0.25, -0.2) is 5.43 Å². The van der Waals surface area contributed by atoms with Crippen LogP contribution in [0.2, 0.25) is 0 Å². The molecule has 0 aliphatic carbocycles. The molecule has 0 bridgehead atoms. The summed E-state index contributed by atoms with van der Waals surface area (Å²) in [4.78, 5) is 12.2. The summed E-state index contributed by atoms with van der Waals surface area (Å²) >= 11 is 0. The first-order valence-corrected chi connectivity index (χ1v) is 8.38. The van der Waals surface area contributed by atoms with Crippen LogP contribution >= 0.6 is 0 Å². The van der Waals surface area contributed by atoms with Gasteiger partial charge in [-0.3, -0.25) is 4.79 Å². The molecule has 5 nitrogen and oxygen atoms in total. The summed E-state index contributed by atoms with van der Waals surface area (Å²) < 4.78 is 5.12. The zero-order valence-electron chi connectivity index (χ0n) is 14.8. The molecular weight excluding hydrogens is 326 g/mol. The van der Waals surface area contributed by atoms with E-state index < -0.39 is 6.04 Å². The van der Waals surface area contributed by atoms with E-state index in [-0.39, 0.29) is 5.91 Å². The number of fused-ring (bicyclic) bond motifs is 1. The maximum atomic E-state index is 12.2. The van der Waals surface area contributed by atoms with E-state index in [1.807, 2.05) is 60.7 Å². The lowest BCUT2D eigenvalue weighted by Crippen LogP contribution is -2.34. The highest BCUT2D eigenvalue weighted by Gasteiger charge is 2.11. The lowest BCUT2D eigenvalue weighted by Gasteiger charge is -2.13. The molecule has 0 spiro atoms. The van der Waals surface area contributed by atoms with E-state index in [0.29, 0.717) is 0 Å². The van der Waals surface area contributed by atoms with Crippen molar-refractivity contribution in [3.05, 3.63) is 72.3 Å². The third kappa shape index (κ3) is 4.39. The van der Waals surface area contributed by atoms with Crippen LogP contribution < -0.4 is 15.5 Å². The van der Waals surface area contributed by atoms with Crippen LogP contribution in [0.1, 0.15) is 12.5 Å². The highest BCUT2D eigenvalue weighted by molar-refractivity contribution is 5.91. The summed E-state index contributed by atoms with van der Waals surface area (Å²) in [7, 11) is 1.62. The van der Waals surface area contributed by atoms with Gasteiger partial charge in [0.2, 0.25) is 0 Å². The van der Waals surface area contributed by atoms with Crippen LogP contribution in [0.4, 0.5) is 5.69 Å². The number of carbonyl (C=O) groups excluding carboxylic acids is 1. The van der Waals surface area contributed by atoms with Gasteiger partial charge in [0, 0.05) is 5.69 Å². The molecule has 0 radical (unpaired) electrons. The van der Waals surface area contributed by atoms with Crippen LogP contribution in [0.15, 0.2) is 71.8 Å². The van der Waals surface area contributed by atoms with Crippen LogP contribution in [0.5, 0.6) is 5.75 Å². The summed E-state index contributed by atoms with van der Waals surface area (Å²) in [6, 6.07) is 21.1. The van der Waals surface area contributed by atoms with Crippen molar-refractivity contribution in [2.24, 2.45) is 5.10 Å². The van der Waals surface area contributed by atoms with Gasteiger partial charge in [0.05, 0.1) is 13.3 Å². The second-order valence-electron chi connectivity index (χ2n) is 5.94. The van der Waals surface area contributed by atoms with E-state index in [0.717, 1.165) is 22.4 Å². The molecule has 3 aromatic carbocycles. The van der Waals surface area contributed by atoms with Gasteiger partial charge < -0.3 is 10.1 Å². The van der Waals surface area contributed by atoms with Gasteiger partial charge in [-0.05, 0) is 53.6 Å². The molecule has 3 rings (SSSR count). The molecule has 3 aromatic rings. The number of amides is 1. The molecule has 132 valence electrons. The molecule has 26 heavy (non-hydrogen) atoms. The molecule has 1 atom stereocenters. The van der Waals surface area contributed by atoms with Crippen molar-refractivity contribution in [3.8, 4) is 5.75 Å². The highest BCUT2D eigenvalue weighted by atomic mass is 16.5. The molecule has 1 amide bonds. The number of nitrogens with one attached hydrogen (secondary N) is 2. The lowest BCUT2D eigenvalue weighted by molar-refractivity contribution is -0.121. The number of hydrogen-bond acceptors (Lipinski definition) is 4. The zero-order chi connectivity index (χ0) is 18.4. The minimum Gasteiger partial charge on any atom is -0.497 e. The van der Waals surface area contributed by atoms with Gasteiger partial charge in [0.15, 0.2) is 0 Å². The van der Waals surface area contributed by atoms with Gasteiger partial charge in [-0.2, -0.15) is 5.10 Å². The van der Waals surface area contributed by atoms with Crippen molar-refractivity contribution in [1.82, 2.24) is 5.43 Å². The normalized spacial score (nSPS) is 12.1. The van der Waals surface area contributed by atoms with Crippen LogP contribution in [0.3, 0.4) is 0 Å². The van der Waals surface area contributed by atoms with Gasteiger partial charge in [0.25, 0.3) is 5.91 Å². The van der Waals surface area contributed by atoms with Crippen molar-refractivity contribution in [2.45, 2.75) is 13.0 Å². The Morgan fingerprint density at radius 1 is 1.04 bits per heavy atom. The first-order valence-electron chi connectivity index (χ1n) is 8.38. The van der Waals surface area contributed by atoms with E-state index in [9.17, 15) is 4.79 Å². The molecule has 0 aliphatic rings. The number of methoxy groups -OCH3 is 1. The summed E-state index contributed by atoms with van der Waals surface area (Å²) in [6.45, 7) is 1.78. The topological polar surface area (TPSA) is 62.7 Å². The van der Waals surface area contributed by atoms with Gasteiger partial charge in [0.1, 0.15) is 11.8 Å². The Morgan fingerprint density at radius 3 is 2.50 bits per heavy atom. The fourth-order valence-electron chi connectivity index (χ4n) is 2.56. The van der Waals surface area contributed by atoms with E-state index >= 15 is 0 Å². The van der Waals surface area contributed by atoms with Crippen LogP contribution in [0.25, 0.3) is 10.8 Å². The fourth-order valence-corrected chi connectivity index (χ4v) is 2.56. The molecule has 0 aliphatic heterocycles. The number of rotatable bonds is 6. The minimum atomic E-state index is -0.419. The number of benzene rings is 3. The van der Waals surface area contributed by atoms with E-state index in [4.69, 9.17) is 4.74 Å². The average molecular weight is 347 g/mol. The van der Waals surface area contributed by atoms with Crippen LogP contribution in [-0.4, -0.2) is 25.3 Å². The Bertz CT molecular complexity index is 920. The summed E-state index contributed by atoms with van der Waals surface area (Å²) in [5.41, 5.74) is 4.34. The molecule has 0 heterocycles. The van der Waals surface area contributed by atoms with E-state index in [1.54, 1.807) is 20.2 Å². The second kappa shape index (κ2) is 8.16. The molecule has 0 saturated heterocycles. The number of hydrogen-bond donors (Lipinski definition) is 2. The Morgan fingerprint density at radius 2 is 1.77 bits per heavy atom. The molecule has 1 unspecified atom stereocenters. The number of hydrazone groups is 1. The van der Waals surface area contributed by atoms with Gasteiger partial charge >= 0.3 is 0 Å². The summed E-state index contributed by atoms with van der Waals surface area (Å²) in [6.07, 6.45) is 1.64. The minimum absolute atomic E-state index is 0.210. The molecule has 0 aromatic heterocycles. The quantitative estimate of drug-likeness (QED) is 0.527.